The highest BCUT2D eigenvalue weighted by molar-refractivity contribution is 5.79. The van der Waals surface area contributed by atoms with Crippen LogP contribution >= 0.6 is 0 Å². The highest BCUT2D eigenvalue weighted by Gasteiger charge is 2.25. The first-order valence-corrected chi connectivity index (χ1v) is 11.1. The Morgan fingerprint density at radius 3 is 2.67 bits per heavy atom. The minimum absolute atomic E-state index is 0.234. The van der Waals surface area contributed by atoms with Gasteiger partial charge in [0.1, 0.15) is 5.76 Å². The Morgan fingerprint density at radius 2 is 1.93 bits per heavy atom. The van der Waals surface area contributed by atoms with E-state index in [1.165, 1.54) is 24.1 Å². The number of nitrogens with one attached hydrogen (secondary N) is 2. The van der Waals surface area contributed by atoms with Gasteiger partial charge in [0.15, 0.2) is 5.96 Å². The molecule has 1 atom stereocenters. The predicted molar refractivity (Wildman–Crippen MR) is 123 cm³/mol. The van der Waals surface area contributed by atoms with E-state index >= 15 is 0 Å². The highest BCUT2D eigenvalue weighted by Crippen LogP contribution is 2.25. The third-order valence-corrected chi connectivity index (χ3v) is 5.77. The van der Waals surface area contributed by atoms with E-state index in [2.05, 4.69) is 69.8 Å². The Bertz CT molecular complexity index is 831. The van der Waals surface area contributed by atoms with Gasteiger partial charge in [-0.1, -0.05) is 24.3 Å². The largest absolute Gasteiger partial charge is 0.468 e. The zero-order valence-electron chi connectivity index (χ0n) is 17.9. The summed E-state index contributed by atoms with van der Waals surface area (Å²) in [6, 6.07) is 13.0. The number of benzene rings is 1. The molecule has 30 heavy (non-hydrogen) atoms. The van der Waals surface area contributed by atoms with Crippen LogP contribution in [-0.4, -0.2) is 50.1 Å². The van der Waals surface area contributed by atoms with Crippen molar-refractivity contribution in [2.75, 3.05) is 44.2 Å². The molecule has 0 radical (unpaired) electrons. The van der Waals surface area contributed by atoms with Crippen LogP contribution in [0.25, 0.3) is 0 Å². The van der Waals surface area contributed by atoms with Gasteiger partial charge in [0.2, 0.25) is 0 Å². The lowest BCUT2D eigenvalue weighted by Gasteiger charge is -2.26. The average molecular weight is 408 g/mol. The third kappa shape index (κ3) is 5.25. The summed E-state index contributed by atoms with van der Waals surface area (Å²) in [5.41, 5.74) is 2.48. The minimum Gasteiger partial charge on any atom is -0.468 e. The summed E-state index contributed by atoms with van der Waals surface area (Å²) in [4.78, 5) is 9.71. The van der Waals surface area contributed by atoms with E-state index in [1.54, 1.807) is 6.26 Å². The minimum atomic E-state index is 0.234. The topological polar surface area (TPSA) is 56.0 Å². The average Bonchev–Trinajstić information content (AvgIpc) is 3.56. The van der Waals surface area contributed by atoms with Crippen LogP contribution in [0, 0.1) is 0 Å². The van der Waals surface area contributed by atoms with Crippen LogP contribution in [0.1, 0.15) is 37.1 Å². The summed E-state index contributed by atoms with van der Waals surface area (Å²) in [5, 5.41) is 6.93. The molecule has 3 heterocycles. The number of guanidine groups is 1. The number of rotatable bonds is 8. The fourth-order valence-corrected chi connectivity index (χ4v) is 4.19. The molecule has 0 spiro atoms. The fraction of sp³-hybridized carbons (Fsp3) is 0.458. The van der Waals surface area contributed by atoms with Gasteiger partial charge < -0.3 is 20.0 Å². The van der Waals surface area contributed by atoms with Gasteiger partial charge in [0, 0.05) is 31.9 Å². The van der Waals surface area contributed by atoms with Crippen molar-refractivity contribution in [2.24, 2.45) is 4.99 Å². The van der Waals surface area contributed by atoms with Gasteiger partial charge in [-0.25, -0.2) is 4.99 Å². The molecular weight excluding hydrogens is 374 g/mol. The number of furan rings is 1. The third-order valence-electron chi connectivity index (χ3n) is 5.77. The lowest BCUT2D eigenvalue weighted by Crippen LogP contribution is -2.42. The van der Waals surface area contributed by atoms with Crippen molar-refractivity contribution in [3.63, 3.8) is 0 Å². The van der Waals surface area contributed by atoms with E-state index < -0.39 is 0 Å². The molecule has 4 rings (SSSR count). The monoisotopic (exact) mass is 407 g/mol. The zero-order chi connectivity index (χ0) is 20.6. The molecule has 0 amide bonds. The lowest BCUT2D eigenvalue weighted by molar-refractivity contribution is 0.215. The number of nitrogens with zero attached hydrogens (tertiary/aromatic N) is 3. The molecule has 0 aliphatic carbocycles. The van der Waals surface area contributed by atoms with E-state index in [9.17, 15) is 0 Å². The first-order valence-electron chi connectivity index (χ1n) is 11.1. The number of anilines is 1. The fourth-order valence-electron chi connectivity index (χ4n) is 4.19. The molecule has 0 saturated carbocycles. The molecule has 0 bridgehead atoms. The number of aliphatic imine (C=N–C) groups is 1. The SMILES string of the molecule is CCNC(=NCc1cccc(N2CC=CC2)c1)NCC(c1ccco1)N1CCCC1. The van der Waals surface area contributed by atoms with Crippen LogP contribution in [0.4, 0.5) is 5.69 Å². The quantitative estimate of drug-likeness (QED) is 0.398. The summed E-state index contributed by atoms with van der Waals surface area (Å²) in [5.74, 6) is 1.87. The molecule has 2 aromatic rings. The Kier molecular flexibility index (Phi) is 7.08. The van der Waals surface area contributed by atoms with Gasteiger partial charge in [-0.15, -0.1) is 0 Å². The summed E-state index contributed by atoms with van der Waals surface area (Å²) in [6.45, 7) is 8.59. The smallest absolute Gasteiger partial charge is 0.191 e. The van der Waals surface area contributed by atoms with Crippen LogP contribution < -0.4 is 15.5 Å². The van der Waals surface area contributed by atoms with Crippen LogP contribution in [0.15, 0.2) is 64.2 Å². The van der Waals surface area contributed by atoms with Crippen LogP contribution in [0.3, 0.4) is 0 Å². The maximum Gasteiger partial charge on any atom is 0.191 e. The van der Waals surface area contributed by atoms with Crippen molar-refractivity contribution in [3.05, 3.63) is 66.1 Å². The van der Waals surface area contributed by atoms with Crippen molar-refractivity contribution in [2.45, 2.75) is 32.4 Å². The Labute approximate surface area is 179 Å². The van der Waals surface area contributed by atoms with Crippen molar-refractivity contribution >= 4 is 11.6 Å². The Balaban J connectivity index is 1.40. The first kappa shape index (κ1) is 20.5. The molecule has 1 aromatic carbocycles. The Hall–Kier alpha value is -2.73. The molecular formula is C24H33N5O. The Morgan fingerprint density at radius 1 is 1.10 bits per heavy atom. The molecule has 2 aliphatic rings. The highest BCUT2D eigenvalue weighted by atomic mass is 16.3. The van der Waals surface area contributed by atoms with E-state index in [0.717, 1.165) is 51.0 Å². The van der Waals surface area contributed by atoms with Gasteiger partial charge in [-0.05, 0) is 62.7 Å². The van der Waals surface area contributed by atoms with Gasteiger partial charge in [-0.3, -0.25) is 4.90 Å². The standard InChI is InChI=1S/C24H33N5O/c1-2-25-24(26-18-20-9-7-10-21(17-20)28-12-3-4-13-28)27-19-22(23-11-8-16-30-23)29-14-5-6-15-29/h3-4,7-11,16-17,22H,2,5-6,12-15,18-19H2,1H3,(H2,25,26,27). The number of hydrogen-bond acceptors (Lipinski definition) is 4. The van der Waals surface area contributed by atoms with Crippen molar-refractivity contribution < 1.29 is 4.42 Å². The second kappa shape index (κ2) is 10.3. The summed E-state index contributed by atoms with van der Waals surface area (Å²) in [7, 11) is 0. The lowest BCUT2D eigenvalue weighted by atomic mass is 10.2. The first-order chi connectivity index (χ1) is 14.8. The molecule has 160 valence electrons. The second-order valence-electron chi connectivity index (χ2n) is 7.90. The maximum atomic E-state index is 5.74. The molecule has 6 nitrogen and oxygen atoms in total. The predicted octanol–water partition coefficient (Wildman–Crippen LogP) is 3.55. The van der Waals surface area contributed by atoms with Gasteiger partial charge >= 0.3 is 0 Å². The zero-order valence-corrected chi connectivity index (χ0v) is 17.9. The normalized spacial score (nSPS) is 18.2. The summed E-state index contributed by atoms with van der Waals surface area (Å²) < 4.78 is 5.74. The summed E-state index contributed by atoms with van der Waals surface area (Å²) in [6.07, 6.45) is 8.71. The molecule has 1 saturated heterocycles. The maximum absolute atomic E-state index is 5.74. The van der Waals surface area contributed by atoms with Crippen molar-refractivity contribution in [1.82, 2.24) is 15.5 Å². The number of hydrogen-bond donors (Lipinski definition) is 2. The number of likely N-dealkylation sites (tertiary alicyclic amines) is 1. The van der Waals surface area contributed by atoms with E-state index in [1.807, 2.05) is 6.07 Å². The van der Waals surface area contributed by atoms with Crippen molar-refractivity contribution in [1.29, 1.82) is 0 Å². The van der Waals surface area contributed by atoms with E-state index in [0.29, 0.717) is 6.54 Å². The molecule has 1 unspecified atom stereocenters. The molecule has 1 fully saturated rings. The van der Waals surface area contributed by atoms with Crippen LogP contribution in [0.5, 0.6) is 0 Å². The van der Waals surface area contributed by atoms with E-state index in [-0.39, 0.29) is 6.04 Å². The van der Waals surface area contributed by atoms with Gasteiger partial charge in [0.05, 0.1) is 18.8 Å². The molecule has 6 heteroatoms. The van der Waals surface area contributed by atoms with Crippen LogP contribution in [-0.2, 0) is 6.54 Å². The van der Waals surface area contributed by atoms with Crippen LogP contribution in [0.2, 0.25) is 0 Å². The molecule has 2 N–H and O–H groups in total. The second-order valence-corrected chi connectivity index (χ2v) is 7.90. The summed E-state index contributed by atoms with van der Waals surface area (Å²) >= 11 is 0. The van der Waals surface area contributed by atoms with Gasteiger partial charge in [-0.2, -0.15) is 0 Å². The van der Waals surface area contributed by atoms with Gasteiger partial charge in [0.25, 0.3) is 0 Å². The van der Waals surface area contributed by atoms with Crippen molar-refractivity contribution in [3.8, 4) is 0 Å². The molecule has 1 aromatic heterocycles. The molecule has 2 aliphatic heterocycles. The van der Waals surface area contributed by atoms with E-state index in [4.69, 9.17) is 9.41 Å².